The summed E-state index contributed by atoms with van der Waals surface area (Å²) in [5.41, 5.74) is 1.28. The summed E-state index contributed by atoms with van der Waals surface area (Å²) in [6, 6.07) is 5.01. The highest BCUT2D eigenvalue weighted by Crippen LogP contribution is 2.22. The van der Waals surface area contributed by atoms with Crippen molar-refractivity contribution >= 4 is 38.1 Å². The van der Waals surface area contributed by atoms with E-state index in [2.05, 4.69) is 31.9 Å². The summed E-state index contributed by atoms with van der Waals surface area (Å²) >= 11 is 6.27. The van der Waals surface area contributed by atoms with E-state index in [9.17, 15) is 4.79 Å². The van der Waals surface area contributed by atoms with E-state index in [1.807, 2.05) is 0 Å². The van der Waals surface area contributed by atoms with Crippen molar-refractivity contribution in [1.82, 2.24) is 0 Å². The largest absolute Gasteiger partial charge is 0.482 e. The SMILES string of the molecule is O=Cc1cc(OCBr)cc(OCBr)c1. The third-order valence-corrected chi connectivity index (χ3v) is 1.94. The summed E-state index contributed by atoms with van der Waals surface area (Å²) in [6.07, 6.45) is 0.752. The number of hydrogen-bond acceptors (Lipinski definition) is 3. The molecule has 0 atom stereocenters. The molecule has 0 aliphatic carbocycles. The van der Waals surface area contributed by atoms with Gasteiger partial charge in [0.2, 0.25) is 0 Å². The second-order valence-corrected chi connectivity index (χ2v) is 3.28. The van der Waals surface area contributed by atoms with Gasteiger partial charge in [0.05, 0.1) is 0 Å². The predicted octanol–water partition coefficient (Wildman–Crippen LogP) is 2.96. The van der Waals surface area contributed by atoms with Crippen molar-refractivity contribution in [2.75, 3.05) is 11.0 Å². The minimum absolute atomic E-state index is 0.378. The molecule has 0 saturated carbocycles. The molecule has 0 bridgehead atoms. The number of benzene rings is 1. The number of ether oxygens (including phenoxy) is 2. The van der Waals surface area contributed by atoms with Gasteiger partial charge in [-0.25, -0.2) is 0 Å². The molecule has 1 aromatic carbocycles. The van der Waals surface area contributed by atoms with Crippen molar-refractivity contribution in [3.8, 4) is 11.5 Å². The Morgan fingerprint density at radius 3 is 1.93 bits per heavy atom. The lowest BCUT2D eigenvalue weighted by Gasteiger charge is -2.06. The zero-order valence-electron chi connectivity index (χ0n) is 7.20. The smallest absolute Gasteiger partial charge is 0.150 e. The van der Waals surface area contributed by atoms with E-state index in [1.54, 1.807) is 18.2 Å². The molecule has 0 amide bonds. The monoisotopic (exact) mass is 322 g/mol. The van der Waals surface area contributed by atoms with Crippen molar-refractivity contribution in [3.63, 3.8) is 0 Å². The van der Waals surface area contributed by atoms with Crippen molar-refractivity contribution in [2.45, 2.75) is 0 Å². The quantitative estimate of drug-likeness (QED) is 0.617. The van der Waals surface area contributed by atoms with Crippen LogP contribution in [-0.4, -0.2) is 17.3 Å². The molecule has 0 N–H and O–H groups in total. The third-order valence-electron chi connectivity index (χ3n) is 1.48. The first kappa shape index (κ1) is 11.5. The van der Waals surface area contributed by atoms with Crippen molar-refractivity contribution in [2.24, 2.45) is 0 Å². The maximum Gasteiger partial charge on any atom is 0.150 e. The molecule has 0 spiro atoms. The summed E-state index contributed by atoms with van der Waals surface area (Å²) < 4.78 is 10.4. The normalized spacial score (nSPS) is 9.57. The van der Waals surface area contributed by atoms with Crippen LogP contribution in [0.25, 0.3) is 0 Å². The van der Waals surface area contributed by atoms with Crippen LogP contribution in [0.5, 0.6) is 11.5 Å². The molecule has 0 radical (unpaired) electrons. The van der Waals surface area contributed by atoms with Crippen molar-refractivity contribution < 1.29 is 14.3 Å². The Kier molecular flexibility index (Phi) is 4.97. The van der Waals surface area contributed by atoms with Gasteiger partial charge < -0.3 is 9.47 Å². The zero-order chi connectivity index (χ0) is 10.4. The fourth-order valence-corrected chi connectivity index (χ4v) is 1.48. The van der Waals surface area contributed by atoms with Gasteiger partial charge in [0, 0.05) is 11.6 Å². The minimum Gasteiger partial charge on any atom is -0.482 e. The fourth-order valence-electron chi connectivity index (χ4n) is 0.954. The second-order valence-electron chi connectivity index (χ2n) is 2.36. The van der Waals surface area contributed by atoms with Gasteiger partial charge >= 0.3 is 0 Å². The molecule has 0 aliphatic rings. The van der Waals surface area contributed by atoms with Gasteiger partial charge in [-0.05, 0) is 44.0 Å². The van der Waals surface area contributed by atoms with Crippen LogP contribution in [0, 0.1) is 0 Å². The summed E-state index contributed by atoms with van der Waals surface area (Å²) in [5, 5.41) is 0. The van der Waals surface area contributed by atoms with E-state index in [0.29, 0.717) is 28.1 Å². The molecule has 0 saturated heterocycles. The zero-order valence-corrected chi connectivity index (χ0v) is 10.4. The van der Waals surface area contributed by atoms with Crippen LogP contribution in [0.15, 0.2) is 18.2 Å². The Bertz CT molecular complexity index is 291. The number of aldehydes is 1. The molecule has 0 aliphatic heterocycles. The highest BCUT2D eigenvalue weighted by molar-refractivity contribution is 9.09. The molecule has 0 unspecified atom stereocenters. The molecule has 3 nitrogen and oxygen atoms in total. The van der Waals surface area contributed by atoms with Crippen LogP contribution in [0.1, 0.15) is 10.4 Å². The summed E-state index contributed by atoms with van der Waals surface area (Å²) in [6.45, 7) is 0. The highest BCUT2D eigenvalue weighted by atomic mass is 79.9. The molecule has 0 heterocycles. The van der Waals surface area contributed by atoms with Crippen LogP contribution in [-0.2, 0) is 0 Å². The van der Waals surface area contributed by atoms with Gasteiger partial charge in [-0.3, -0.25) is 4.79 Å². The summed E-state index contributed by atoms with van der Waals surface area (Å²) in [7, 11) is 0. The summed E-state index contributed by atoms with van der Waals surface area (Å²) in [5.74, 6) is 1.20. The minimum atomic E-state index is 0.378. The lowest BCUT2D eigenvalue weighted by Crippen LogP contribution is -1.94. The third kappa shape index (κ3) is 3.31. The first-order chi connectivity index (χ1) is 6.80. The number of alkyl halides is 2. The molecule has 0 fully saturated rings. The van der Waals surface area contributed by atoms with E-state index in [0.717, 1.165) is 6.29 Å². The van der Waals surface area contributed by atoms with E-state index < -0.39 is 0 Å². The fraction of sp³-hybridized carbons (Fsp3) is 0.222. The van der Waals surface area contributed by atoms with Crippen LogP contribution in [0.2, 0.25) is 0 Å². The number of hydrogen-bond donors (Lipinski definition) is 0. The highest BCUT2D eigenvalue weighted by Gasteiger charge is 2.01. The topological polar surface area (TPSA) is 35.5 Å². The molecule has 1 aromatic rings. The van der Waals surface area contributed by atoms with Gasteiger partial charge in [-0.15, -0.1) is 0 Å². The molecule has 5 heteroatoms. The average molecular weight is 324 g/mol. The molecular weight excluding hydrogens is 316 g/mol. The maximum atomic E-state index is 10.6. The van der Waals surface area contributed by atoms with Crippen molar-refractivity contribution in [3.05, 3.63) is 23.8 Å². The van der Waals surface area contributed by atoms with Crippen LogP contribution in [0.4, 0.5) is 0 Å². The molecule has 0 aromatic heterocycles. The van der Waals surface area contributed by atoms with Gasteiger partial charge in [0.15, 0.2) is 0 Å². The standard InChI is InChI=1S/C9H8Br2O3/c10-5-13-8-1-7(4-12)2-9(3-8)14-6-11/h1-4H,5-6H2. The lowest BCUT2D eigenvalue weighted by atomic mass is 10.2. The van der Waals surface area contributed by atoms with Gasteiger partial charge in [0.25, 0.3) is 0 Å². The molecule has 1 rings (SSSR count). The van der Waals surface area contributed by atoms with Crippen LogP contribution < -0.4 is 9.47 Å². The van der Waals surface area contributed by atoms with Gasteiger partial charge in [-0.1, -0.05) is 0 Å². The second kappa shape index (κ2) is 6.03. The number of rotatable bonds is 5. The predicted molar refractivity (Wildman–Crippen MR) is 60.7 cm³/mol. The number of carbonyl (C=O) groups excluding carboxylic acids is 1. The number of halogens is 2. The Morgan fingerprint density at radius 1 is 1.07 bits per heavy atom. The van der Waals surface area contributed by atoms with E-state index in [1.165, 1.54) is 0 Å². The summed E-state index contributed by atoms with van der Waals surface area (Å²) in [4.78, 5) is 10.6. The Hall–Kier alpha value is -0.550. The maximum absolute atomic E-state index is 10.6. The van der Waals surface area contributed by atoms with Crippen LogP contribution in [0.3, 0.4) is 0 Å². The van der Waals surface area contributed by atoms with Crippen LogP contribution >= 0.6 is 31.9 Å². The van der Waals surface area contributed by atoms with E-state index >= 15 is 0 Å². The average Bonchev–Trinajstić information content (AvgIpc) is 2.18. The lowest BCUT2D eigenvalue weighted by molar-refractivity contribution is 0.112. The van der Waals surface area contributed by atoms with Gasteiger partial charge in [0.1, 0.15) is 28.8 Å². The molecular formula is C9H8Br2O3. The molecule has 76 valence electrons. The Morgan fingerprint density at radius 2 is 1.57 bits per heavy atom. The Labute approximate surface area is 98.6 Å². The van der Waals surface area contributed by atoms with Crippen molar-refractivity contribution in [1.29, 1.82) is 0 Å². The Balaban J connectivity index is 2.94. The molecule has 14 heavy (non-hydrogen) atoms. The van der Waals surface area contributed by atoms with E-state index in [4.69, 9.17) is 9.47 Å². The number of carbonyl (C=O) groups is 1. The first-order valence-corrected chi connectivity index (χ1v) is 6.02. The van der Waals surface area contributed by atoms with Gasteiger partial charge in [-0.2, -0.15) is 0 Å². The van der Waals surface area contributed by atoms with E-state index in [-0.39, 0.29) is 0 Å². The first-order valence-electron chi connectivity index (χ1n) is 3.78.